The number of pyridine rings is 1. The SMILES string of the molecule is CC(=O)N(C)C1CC[C@@]2(C)C(CC[C@@H]3[C@@H]2CC[C@]2(C)C(c4cccnc4)=CC[C@@H]32)C1. The van der Waals surface area contributed by atoms with Gasteiger partial charge in [-0.3, -0.25) is 9.78 Å². The number of carbonyl (C=O) groups is 1. The number of aromatic nitrogens is 1. The predicted molar refractivity (Wildman–Crippen MR) is 122 cm³/mol. The van der Waals surface area contributed by atoms with Crippen molar-refractivity contribution in [2.45, 2.75) is 78.2 Å². The highest BCUT2D eigenvalue weighted by atomic mass is 16.2. The fourth-order valence-electron chi connectivity index (χ4n) is 8.38. The van der Waals surface area contributed by atoms with E-state index in [0.29, 0.717) is 16.9 Å². The number of hydrogen-bond donors (Lipinski definition) is 0. The molecule has 162 valence electrons. The number of carbonyl (C=O) groups excluding carboxylic acids is 1. The number of nitrogens with zero attached hydrogens (tertiary/aromatic N) is 2. The maximum atomic E-state index is 11.9. The van der Waals surface area contributed by atoms with Crippen molar-refractivity contribution in [1.82, 2.24) is 9.88 Å². The number of amides is 1. The monoisotopic (exact) mass is 406 g/mol. The van der Waals surface area contributed by atoms with Crippen LogP contribution in [-0.4, -0.2) is 28.9 Å². The average molecular weight is 407 g/mol. The van der Waals surface area contributed by atoms with Crippen molar-refractivity contribution < 1.29 is 4.79 Å². The van der Waals surface area contributed by atoms with Gasteiger partial charge in [0, 0.05) is 32.4 Å². The van der Waals surface area contributed by atoms with Gasteiger partial charge in [-0.15, -0.1) is 0 Å². The molecule has 0 radical (unpaired) electrons. The molecule has 1 amide bonds. The molecule has 4 aliphatic carbocycles. The van der Waals surface area contributed by atoms with Gasteiger partial charge in [-0.1, -0.05) is 26.0 Å². The van der Waals surface area contributed by atoms with Gasteiger partial charge in [-0.2, -0.15) is 0 Å². The van der Waals surface area contributed by atoms with Crippen LogP contribution < -0.4 is 0 Å². The van der Waals surface area contributed by atoms with Crippen LogP contribution in [0.3, 0.4) is 0 Å². The zero-order valence-corrected chi connectivity index (χ0v) is 19.2. The molecule has 7 atom stereocenters. The summed E-state index contributed by atoms with van der Waals surface area (Å²) in [6.45, 7) is 6.89. The Morgan fingerprint density at radius 3 is 2.70 bits per heavy atom. The highest BCUT2D eigenvalue weighted by molar-refractivity contribution is 5.73. The van der Waals surface area contributed by atoms with Gasteiger partial charge in [0.15, 0.2) is 0 Å². The molecule has 2 unspecified atom stereocenters. The largest absolute Gasteiger partial charge is 0.343 e. The van der Waals surface area contributed by atoms with Gasteiger partial charge in [-0.25, -0.2) is 0 Å². The molecule has 1 aromatic rings. The number of fused-ring (bicyclic) bond motifs is 5. The lowest BCUT2D eigenvalue weighted by molar-refractivity contribution is -0.136. The van der Waals surface area contributed by atoms with E-state index < -0.39 is 0 Å². The molecule has 5 rings (SSSR count). The van der Waals surface area contributed by atoms with Crippen molar-refractivity contribution in [3.63, 3.8) is 0 Å². The molecular weight excluding hydrogens is 368 g/mol. The van der Waals surface area contributed by atoms with Crippen molar-refractivity contribution in [2.24, 2.45) is 34.5 Å². The van der Waals surface area contributed by atoms with Crippen molar-refractivity contribution in [1.29, 1.82) is 0 Å². The second-order valence-electron chi connectivity index (χ2n) is 11.3. The summed E-state index contributed by atoms with van der Waals surface area (Å²) in [7, 11) is 2.01. The summed E-state index contributed by atoms with van der Waals surface area (Å²) in [5.74, 6) is 3.53. The van der Waals surface area contributed by atoms with Crippen molar-refractivity contribution in [2.75, 3.05) is 7.05 Å². The Balaban J connectivity index is 1.37. The van der Waals surface area contributed by atoms with Gasteiger partial charge >= 0.3 is 0 Å². The van der Waals surface area contributed by atoms with E-state index in [2.05, 4.69) is 43.2 Å². The first-order valence-electron chi connectivity index (χ1n) is 12.2. The Labute approximate surface area is 182 Å². The van der Waals surface area contributed by atoms with Crippen LogP contribution >= 0.6 is 0 Å². The fraction of sp³-hybridized carbons (Fsp3) is 0.704. The van der Waals surface area contributed by atoms with Crippen LogP contribution in [0, 0.1) is 34.5 Å². The lowest BCUT2D eigenvalue weighted by Gasteiger charge is -2.61. The van der Waals surface area contributed by atoms with Crippen LogP contribution in [0.25, 0.3) is 5.57 Å². The maximum absolute atomic E-state index is 11.9. The third-order valence-corrected chi connectivity index (χ3v) is 10.2. The minimum atomic E-state index is 0.227. The summed E-state index contributed by atoms with van der Waals surface area (Å²) in [6, 6.07) is 4.79. The Bertz CT molecular complexity index is 848. The highest BCUT2D eigenvalue weighted by Crippen LogP contribution is 2.67. The molecule has 1 heterocycles. The molecule has 0 aliphatic heterocycles. The molecule has 30 heavy (non-hydrogen) atoms. The highest BCUT2D eigenvalue weighted by Gasteiger charge is 2.58. The van der Waals surface area contributed by atoms with Crippen LogP contribution in [0.5, 0.6) is 0 Å². The molecule has 3 saturated carbocycles. The van der Waals surface area contributed by atoms with Gasteiger partial charge in [0.25, 0.3) is 0 Å². The molecule has 4 aliphatic rings. The zero-order chi connectivity index (χ0) is 21.1. The second-order valence-corrected chi connectivity index (χ2v) is 11.3. The quantitative estimate of drug-likeness (QED) is 0.607. The summed E-state index contributed by atoms with van der Waals surface area (Å²) >= 11 is 0. The molecule has 1 aromatic heterocycles. The molecule has 0 aromatic carbocycles. The smallest absolute Gasteiger partial charge is 0.219 e. The van der Waals surface area contributed by atoms with Gasteiger partial charge in [0.1, 0.15) is 0 Å². The summed E-state index contributed by atoms with van der Waals surface area (Å²) in [5.41, 5.74) is 3.70. The molecule has 3 nitrogen and oxygen atoms in total. The Morgan fingerprint density at radius 1 is 1.13 bits per heavy atom. The van der Waals surface area contributed by atoms with Crippen molar-refractivity contribution in [3.05, 3.63) is 36.2 Å². The Kier molecular flexibility index (Phi) is 4.87. The van der Waals surface area contributed by atoms with Crippen LogP contribution in [0.2, 0.25) is 0 Å². The van der Waals surface area contributed by atoms with Gasteiger partial charge in [0.05, 0.1) is 0 Å². The topological polar surface area (TPSA) is 33.2 Å². The van der Waals surface area contributed by atoms with E-state index in [1.807, 2.05) is 18.1 Å². The normalized spacial score (nSPS) is 42.5. The third-order valence-electron chi connectivity index (χ3n) is 10.2. The fourth-order valence-corrected chi connectivity index (χ4v) is 8.38. The van der Waals surface area contributed by atoms with Crippen LogP contribution in [0.1, 0.15) is 77.7 Å². The van der Waals surface area contributed by atoms with Crippen molar-refractivity contribution in [3.8, 4) is 0 Å². The van der Waals surface area contributed by atoms with Crippen LogP contribution in [0.4, 0.5) is 0 Å². The maximum Gasteiger partial charge on any atom is 0.219 e. The molecule has 0 bridgehead atoms. The first-order valence-corrected chi connectivity index (χ1v) is 12.2. The standard InChI is InChI=1S/C27H38N2O/c1-18(30)29(4)21-11-13-26(2)20(16-21)7-8-22-24-10-9-23(19-6-5-15-28-17-19)27(24,3)14-12-25(22)26/h5-6,9,15,17,20-22,24-25H,7-8,10-14,16H2,1-4H3/t20?,21?,22-,24-,25-,26-,27+/m0/s1. The van der Waals surface area contributed by atoms with E-state index in [1.165, 1.54) is 56.9 Å². The molecule has 0 N–H and O–H groups in total. The zero-order valence-electron chi connectivity index (χ0n) is 19.2. The van der Waals surface area contributed by atoms with E-state index in [4.69, 9.17) is 0 Å². The van der Waals surface area contributed by atoms with E-state index >= 15 is 0 Å². The first-order chi connectivity index (χ1) is 14.3. The Morgan fingerprint density at radius 2 is 1.97 bits per heavy atom. The molecule has 3 heteroatoms. The third kappa shape index (κ3) is 2.91. The number of hydrogen-bond acceptors (Lipinski definition) is 2. The van der Waals surface area contributed by atoms with Gasteiger partial charge in [-0.05, 0) is 103 Å². The summed E-state index contributed by atoms with van der Waals surface area (Å²) < 4.78 is 0. The number of allylic oxidation sites excluding steroid dienone is 2. The van der Waals surface area contributed by atoms with E-state index in [9.17, 15) is 4.79 Å². The second kappa shape index (κ2) is 7.21. The lowest BCUT2D eigenvalue weighted by Crippen LogP contribution is -2.55. The minimum Gasteiger partial charge on any atom is -0.343 e. The molecule has 0 spiro atoms. The van der Waals surface area contributed by atoms with Crippen molar-refractivity contribution >= 4 is 11.5 Å². The van der Waals surface area contributed by atoms with Crippen LogP contribution in [0.15, 0.2) is 30.6 Å². The summed E-state index contributed by atoms with van der Waals surface area (Å²) in [6.07, 6.45) is 16.9. The minimum absolute atomic E-state index is 0.227. The van der Waals surface area contributed by atoms with E-state index in [1.54, 1.807) is 12.5 Å². The molecular formula is C27H38N2O. The molecule has 0 saturated heterocycles. The van der Waals surface area contributed by atoms with Crippen LogP contribution in [-0.2, 0) is 4.79 Å². The van der Waals surface area contributed by atoms with E-state index in [-0.39, 0.29) is 5.91 Å². The van der Waals surface area contributed by atoms with E-state index in [0.717, 1.165) is 23.7 Å². The lowest BCUT2D eigenvalue weighted by atomic mass is 9.44. The Hall–Kier alpha value is -1.64. The number of rotatable bonds is 2. The predicted octanol–water partition coefficient (Wildman–Crippen LogP) is 5.96. The molecule has 3 fully saturated rings. The summed E-state index contributed by atoms with van der Waals surface area (Å²) in [4.78, 5) is 18.4. The average Bonchev–Trinajstić information content (AvgIpc) is 3.10. The first kappa shape index (κ1) is 20.3. The van der Waals surface area contributed by atoms with Gasteiger partial charge in [0.2, 0.25) is 5.91 Å². The summed E-state index contributed by atoms with van der Waals surface area (Å²) in [5, 5.41) is 0. The van der Waals surface area contributed by atoms with Gasteiger partial charge < -0.3 is 4.90 Å².